The topological polar surface area (TPSA) is 29.9 Å². The van der Waals surface area contributed by atoms with Gasteiger partial charge in [-0.1, -0.05) is 23.7 Å². The molecule has 4 aromatic rings. The first kappa shape index (κ1) is 21.2. The number of nitrogens with zero attached hydrogens (tertiary/aromatic N) is 2. The summed E-state index contributed by atoms with van der Waals surface area (Å²) in [6.07, 6.45) is 1.85. The molecule has 6 heteroatoms. The van der Waals surface area contributed by atoms with Crippen molar-refractivity contribution >= 4 is 40.6 Å². The molecule has 0 saturated carbocycles. The van der Waals surface area contributed by atoms with Crippen LogP contribution in [0.1, 0.15) is 22.5 Å². The Morgan fingerprint density at radius 1 is 1.00 bits per heavy atom. The predicted octanol–water partition coefficient (Wildman–Crippen LogP) is 6.53. The van der Waals surface area contributed by atoms with Crippen molar-refractivity contribution in [3.05, 3.63) is 94.1 Å². The SMILES string of the molecule is Cc1c(C)n(Cc2ccc(Cl)cc2)c2c(CNc3ccc(F)cc3)nccc12.Cl. The Labute approximate surface area is 180 Å². The zero-order valence-corrected chi connectivity index (χ0v) is 17.8. The van der Waals surface area contributed by atoms with Gasteiger partial charge in [0.15, 0.2) is 0 Å². The van der Waals surface area contributed by atoms with Crippen LogP contribution in [0, 0.1) is 19.7 Å². The second kappa shape index (κ2) is 8.85. The predicted molar refractivity (Wildman–Crippen MR) is 121 cm³/mol. The van der Waals surface area contributed by atoms with Crippen LogP contribution < -0.4 is 5.32 Å². The van der Waals surface area contributed by atoms with Gasteiger partial charge in [-0.2, -0.15) is 0 Å². The maximum absolute atomic E-state index is 13.1. The second-order valence-corrected chi connectivity index (χ2v) is 7.37. The van der Waals surface area contributed by atoms with Crippen LogP contribution in [0.4, 0.5) is 10.1 Å². The quantitative estimate of drug-likeness (QED) is 0.390. The minimum atomic E-state index is -0.242. The normalized spacial score (nSPS) is 10.8. The van der Waals surface area contributed by atoms with Crippen LogP contribution in [0.3, 0.4) is 0 Å². The van der Waals surface area contributed by atoms with Crippen LogP contribution in [0.15, 0.2) is 60.8 Å². The van der Waals surface area contributed by atoms with Gasteiger partial charge in [-0.25, -0.2) is 4.39 Å². The van der Waals surface area contributed by atoms with Crippen LogP contribution in [0.25, 0.3) is 10.9 Å². The van der Waals surface area contributed by atoms with Gasteiger partial charge >= 0.3 is 0 Å². The molecular formula is C23H22Cl2FN3. The molecule has 29 heavy (non-hydrogen) atoms. The Balaban J connectivity index is 0.00000240. The number of aryl methyl sites for hydroxylation is 1. The van der Waals surface area contributed by atoms with E-state index in [9.17, 15) is 4.39 Å². The lowest BCUT2D eigenvalue weighted by molar-refractivity contribution is 0.628. The molecule has 0 atom stereocenters. The minimum Gasteiger partial charge on any atom is -0.379 e. The minimum absolute atomic E-state index is 0. The van der Waals surface area contributed by atoms with Gasteiger partial charge in [0.05, 0.1) is 17.8 Å². The summed E-state index contributed by atoms with van der Waals surface area (Å²) in [5.41, 5.74) is 6.62. The van der Waals surface area contributed by atoms with E-state index in [0.29, 0.717) is 6.54 Å². The Kier molecular flexibility index (Phi) is 6.46. The molecule has 0 unspecified atom stereocenters. The van der Waals surface area contributed by atoms with Crippen molar-refractivity contribution in [1.82, 2.24) is 9.55 Å². The number of hydrogen-bond acceptors (Lipinski definition) is 2. The van der Waals surface area contributed by atoms with Crippen molar-refractivity contribution in [2.45, 2.75) is 26.9 Å². The lowest BCUT2D eigenvalue weighted by Crippen LogP contribution is -2.07. The lowest BCUT2D eigenvalue weighted by atomic mass is 10.1. The fraction of sp³-hybridized carbons (Fsp3) is 0.174. The molecule has 1 N–H and O–H groups in total. The first-order chi connectivity index (χ1) is 13.5. The smallest absolute Gasteiger partial charge is 0.123 e. The molecule has 150 valence electrons. The fourth-order valence-electron chi connectivity index (χ4n) is 3.52. The van der Waals surface area contributed by atoms with E-state index >= 15 is 0 Å². The van der Waals surface area contributed by atoms with Gasteiger partial charge in [0, 0.05) is 34.5 Å². The van der Waals surface area contributed by atoms with E-state index in [1.54, 1.807) is 12.1 Å². The summed E-state index contributed by atoms with van der Waals surface area (Å²) in [5, 5.41) is 5.29. The third-order valence-corrected chi connectivity index (χ3v) is 5.43. The zero-order chi connectivity index (χ0) is 19.7. The molecule has 0 fully saturated rings. The Morgan fingerprint density at radius 2 is 1.69 bits per heavy atom. The largest absolute Gasteiger partial charge is 0.379 e. The number of nitrogens with one attached hydrogen (secondary N) is 1. The van der Waals surface area contributed by atoms with Crippen LogP contribution in [0.2, 0.25) is 5.02 Å². The van der Waals surface area contributed by atoms with E-state index in [1.165, 1.54) is 34.3 Å². The van der Waals surface area contributed by atoms with Crippen LogP contribution in [-0.4, -0.2) is 9.55 Å². The van der Waals surface area contributed by atoms with E-state index in [1.807, 2.05) is 18.3 Å². The number of anilines is 1. The molecule has 0 saturated heterocycles. The molecular weight excluding hydrogens is 408 g/mol. The van der Waals surface area contributed by atoms with Crippen molar-refractivity contribution in [3.8, 4) is 0 Å². The van der Waals surface area contributed by atoms with Crippen LogP contribution in [-0.2, 0) is 13.1 Å². The number of fused-ring (bicyclic) bond motifs is 1. The molecule has 0 bridgehead atoms. The number of rotatable bonds is 5. The first-order valence-electron chi connectivity index (χ1n) is 9.20. The first-order valence-corrected chi connectivity index (χ1v) is 9.58. The summed E-state index contributed by atoms with van der Waals surface area (Å²) in [6, 6.07) is 16.4. The summed E-state index contributed by atoms with van der Waals surface area (Å²) in [5.74, 6) is -0.242. The number of benzene rings is 2. The van der Waals surface area contributed by atoms with Gasteiger partial charge in [0.1, 0.15) is 5.82 Å². The number of hydrogen-bond donors (Lipinski definition) is 1. The molecule has 0 aliphatic rings. The fourth-order valence-corrected chi connectivity index (χ4v) is 3.65. The highest BCUT2D eigenvalue weighted by Crippen LogP contribution is 2.28. The second-order valence-electron chi connectivity index (χ2n) is 6.94. The maximum atomic E-state index is 13.1. The Hall–Kier alpha value is -2.56. The Bertz CT molecular complexity index is 1120. The number of halogens is 3. The molecule has 2 heterocycles. The average molecular weight is 430 g/mol. The highest BCUT2D eigenvalue weighted by molar-refractivity contribution is 6.30. The highest BCUT2D eigenvalue weighted by Gasteiger charge is 2.15. The zero-order valence-electron chi connectivity index (χ0n) is 16.2. The molecule has 0 spiro atoms. The standard InChI is InChI=1S/C23H21ClFN3.ClH/c1-15-16(2)28(14-17-3-5-18(24)6-4-17)23-21(15)11-12-26-22(23)13-27-20-9-7-19(25)8-10-20;/h3-12,27H,13-14H2,1-2H3;1H. The van der Waals surface area contributed by atoms with Crippen molar-refractivity contribution < 1.29 is 4.39 Å². The lowest BCUT2D eigenvalue weighted by Gasteiger charge is -2.13. The summed E-state index contributed by atoms with van der Waals surface area (Å²) < 4.78 is 15.4. The third-order valence-electron chi connectivity index (χ3n) is 5.18. The molecule has 2 aromatic carbocycles. The molecule has 3 nitrogen and oxygen atoms in total. The highest BCUT2D eigenvalue weighted by atomic mass is 35.5. The number of aromatic nitrogens is 2. The molecule has 2 aromatic heterocycles. The molecule has 0 aliphatic heterocycles. The van der Waals surface area contributed by atoms with Crippen LogP contribution in [0.5, 0.6) is 0 Å². The number of pyridine rings is 1. The average Bonchev–Trinajstić information content (AvgIpc) is 2.95. The molecule has 0 radical (unpaired) electrons. The summed E-state index contributed by atoms with van der Waals surface area (Å²) in [4.78, 5) is 4.63. The molecule has 0 amide bonds. The van der Waals surface area contributed by atoms with E-state index in [0.717, 1.165) is 28.5 Å². The van der Waals surface area contributed by atoms with Crippen molar-refractivity contribution in [1.29, 1.82) is 0 Å². The van der Waals surface area contributed by atoms with E-state index < -0.39 is 0 Å². The van der Waals surface area contributed by atoms with Crippen molar-refractivity contribution in [2.75, 3.05) is 5.32 Å². The Morgan fingerprint density at radius 3 is 2.38 bits per heavy atom. The summed E-state index contributed by atoms with van der Waals surface area (Å²) >= 11 is 6.03. The third kappa shape index (κ3) is 4.39. The monoisotopic (exact) mass is 429 g/mol. The van der Waals surface area contributed by atoms with E-state index in [4.69, 9.17) is 11.6 Å². The summed E-state index contributed by atoms with van der Waals surface area (Å²) in [6.45, 7) is 5.60. The molecule has 4 rings (SSSR count). The molecule has 0 aliphatic carbocycles. The van der Waals surface area contributed by atoms with Crippen molar-refractivity contribution in [2.24, 2.45) is 0 Å². The van der Waals surface area contributed by atoms with E-state index in [-0.39, 0.29) is 18.2 Å². The van der Waals surface area contributed by atoms with Crippen LogP contribution >= 0.6 is 24.0 Å². The summed E-state index contributed by atoms with van der Waals surface area (Å²) in [7, 11) is 0. The van der Waals surface area contributed by atoms with Gasteiger partial charge in [-0.3, -0.25) is 4.98 Å². The van der Waals surface area contributed by atoms with Gasteiger partial charge in [0.25, 0.3) is 0 Å². The van der Waals surface area contributed by atoms with Gasteiger partial charge in [-0.05, 0) is 67.4 Å². The maximum Gasteiger partial charge on any atom is 0.123 e. The van der Waals surface area contributed by atoms with Crippen molar-refractivity contribution in [3.63, 3.8) is 0 Å². The van der Waals surface area contributed by atoms with E-state index in [2.05, 4.69) is 46.9 Å². The van der Waals surface area contributed by atoms with Gasteiger partial charge in [-0.15, -0.1) is 12.4 Å². The van der Waals surface area contributed by atoms with Gasteiger partial charge < -0.3 is 9.88 Å². The van der Waals surface area contributed by atoms with Gasteiger partial charge in [0.2, 0.25) is 0 Å².